The summed E-state index contributed by atoms with van der Waals surface area (Å²) in [6.45, 7) is 6.87. The molecule has 2 aliphatic heterocycles. The topological polar surface area (TPSA) is 53.7 Å². The summed E-state index contributed by atoms with van der Waals surface area (Å²) in [4.78, 5) is 22.7. The highest BCUT2D eigenvalue weighted by molar-refractivity contribution is 6.31. The molecule has 1 amide bonds. The van der Waals surface area contributed by atoms with Crippen molar-refractivity contribution in [2.24, 2.45) is 0 Å². The van der Waals surface area contributed by atoms with Crippen LogP contribution in [0.3, 0.4) is 0 Å². The maximum Gasteiger partial charge on any atom is 0.254 e. The molecule has 0 bridgehead atoms. The first-order valence-corrected chi connectivity index (χ1v) is 11.6. The number of likely N-dealkylation sites (tertiary alicyclic amines) is 1. The fourth-order valence-corrected chi connectivity index (χ4v) is 5.08. The summed E-state index contributed by atoms with van der Waals surface area (Å²) in [6, 6.07) is 7.55. The minimum atomic E-state index is -0.0446. The van der Waals surface area contributed by atoms with Gasteiger partial charge in [-0.3, -0.25) is 4.79 Å². The highest BCUT2D eigenvalue weighted by Gasteiger charge is 2.31. The molecule has 162 valence electrons. The van der Waals surface area contributed by atoms with Crippen molar-refractivity contribution in [3.05, 3.63) is 57.9 Å². The van der Waals surface area contributed by atoms with E-state index in [0.717, 1.165) is 67.2 Å². The van der Waals surface area contributed by atoms with Crippen LogP contribution in [0.15, 0.2) is 30.5 Å². The highest BCUT2D eigenvalue weighted by atomic mass is 35.5. The zero-order valence-electron chi connectivity index (χ0n) is 18.1. The number of rotatable bonds is 3. The molecule has 0 spiro atoms. The van der Waals surface area contributed by atoms with Gasteiger partial charge in [0.2, 0.25) is 0 Å². The number of piperidine rings is 1. The van der Waals surface area contributed by atoms with Gasteiger partial charge in [0.15, 0.2) is 5.65 Å². The second-order valence-corrected chi connectivity index (χ2v) is 9.14. The molecule has 2 aliphatic rings. The fourth-order valence-electron chi connectivity index (χ4n) is 4.91. The van der Waals surface area contributed by atoms with Crippen molar-refractivity contribution in [3.63, 3.8) is 0 Å². The minimum Gasteiger partial charge on any atom is -0.356 e. The number of aromatic nitrogens is 3. The molecule has 2 fully saturated rings. The summed E-state index contributed by atoms with van der Waals surface area (Å²) in [7, 11) is 0. The standard InChI is InChI=1S/C24H28ClN5O/c1-16-15-30-22(26-23(16)28-11-5-6-12-28)14-20(27-30)21-10-3-4-13-29(21)24(31)18-8-7-9-19(25)17(18)2/h7-9,14-15,21H,3-6,10-13H2,1-2H3. The van der Waals surface area contributed by atoms with Crippen LogP contribution < -0.4 is 4.90 Å². The van der Waals surface area contributed by atoms with Gasteiger partial charge in [-0.25, -0.2) is 9.50 Å². The molecule has 3 aromatic rings. The molecular weight excluding hydrogens is 410 g/mol. The molecule has 31 heavy (non-hydrogen) atoms. The zero-order valence-corrected chi connectivity index (χ0v) is 18.9. The summed E-state index contributed by atoms with van der Waals surface area (Å²) < 4.78 is 1.87. The smallest absolute Gasteiger partial charge is 0.254 e. The van der Waals surface area contributed by atoms with Crippen LogP contribution in [-0.4, -0.2) is 45.0 Å². The SMILES string of the molecule is Cc1cn2nc(C3CCCCN3C(=O)c3cccc(Cl)c3C)cc2nc1N1CCCC1. The first-order chi connectivity index (χ1) is 15.0. The van der Waals surface area contributed by atoms with Crippen molar-refractivity contribution in [1.82, 2.24) is 19.5 Å². The van der Waals surface area contributed by atoms with Gasteiger partial charge in [0.05, 0.1) is 11.7 Å². The summed E-state index contributed by atoms with van der Waals surface area (Å²) >= 11 is 6.29. The molecule has 2 saturated heterocycles. The predicted molar refractivity (Wildman–Crippen MR) is 123 cm³/mol. The van der Waals surface area contributed by atoms with E-state index < -0.39 is 0 Å². The van der Waals surface area contributed by atoms with Crippen LogP contribution in [0.4, 0.5) is 5.82 Å². The second-order valence-electron chi connectivity index (χ2n) is 8.74. The zero-order chi connectivity index (χ0) is 21.5. The Bertz CT molecular complexity index is 1130. The van der Waals surface area contributed by atoms with Crippen molar-refractivity contribution >= 4 is 29.0 Å². The Morgan fingerprint density at radius 2 is 1.87 bits per heavy atom. The Kier molecular flexibility index (Phi) is 5.34. The summed E-state index contributed by atoms with van der Waals surface area (Å²) in [5.41, 5.74) is 4.40. The summed E-state index contributed by atoms with van der Waals surface area (Å²) in [5, 5.41) is 5.47. The van der Waals surface area contributed by atoms with Gasteiger partial charge in [0.25, 0.3) is 5.91 Å². The van der Waals surface area contributed by atoms with E-state index in [1.165, 1.54) is 12.8 Å². The number of benzene rings is 1. The van der Waals surface area contributed by atoms with E-state index in [4.69, 9.17) is 21.7 Å². The number of amides is 1. The van der Waals surface area contributed by atoms with Crippen LogP contribution in [0.1, 0.15) is 65.3 Å². The van der Waals surface area contributed by atoms with E-state index in [1.807, 2.05) is 34.5 Å². The second kappa shape index (κ2) is 8.15. The van der Waals surface area contributed by atoms with E-state index in [-0.39, 0.29) is 11.9 Å². The maximum atomic E-state index is 13.5. The van der Waals surface area contributed by atoms with Gasteiger partial charge in [-0.1, -0.05) is 17.7 Å². The van der Waals surface area contributed by atoms with Crippen LogP contribution in [-0.2, 0) is 0 Å². The largest absolute Gasteiger partial charge is 0.356 e. The highest BCUT2D eigenvalue weighted by Crippen LogP contribution is 2.33. The number of anilines is 1. The van der Waals surface area contributed by atoms with E-state index in [1.54, 1.807) is 0 Å². The molecule has 0 radical (unpaired) electrons. The Morgan fingerprint density at radius 3 is 2.68 bits per heavy atom. The number of carbonyl (C=O) groups excluding carboxylic acids is 1. The van der Waals surface area contributed by atoms with Crippen LogP contribution in [0, 0.1) is 13.8 Å². The predicted octanol–water partition coefficient (Wildman–Crippen LogP) is 4.97. The molecule has 7 heteroatoms. The first kappa shape index (κ1) is 20.3. The van der Waals surface area contributed by atoms with Gasteiger partial charge in [0, 0.05) is 48.0 Å². The normalized spacial score (nSPS) is 19.4. The van der Waals surface area contributed by atoms with Crippen molar-refractivity contribution in [1.29, 1.82) is 0 Å². The monoisotopic (exact) mass is 437 g/mol. The first-order valence-electron chi connectivity index (χ1n) is 11.2. The Balaban J connectivity index is 1.49. The molecule has 0 saturated carbocycles. The summed E-state index contributed by atoms with van der Waals surface area (Å²) in [6.07, 6.45) is 7.51. The van der Waals surface area contributed by atoms with Crippen molar-refractivity contribution in [2.45, 2.75) is 52.0 Å². The van der Waals surface area contributed by atoms with Crippen LogP contribution in [0.2, 0.25) is 5.02 Å². The molecule has 0 N–H and O–H groups in total. The van der Waals surface area contributed by atoms with Gasteiger partial charge in [-0.2, -0.15) is 5.10 Å². The number of hydrogen-bond acceptors (Lipinski definition) is 4. The van der Waals surface area contributed by atoms with Crippen LogP contribution in [0.5, 0.6) is 0 Å². The number of nitrogens with zero attached hydrogens (tertiary/aromatic N) is 5. The third-order valence-corrected chi connectivity index (χ3v) is 7.04. The van der Waals surface area contributed by atoms with E-state index in [0.29, 0.717) is 10.6 Å². The molecule has 1 unspecified atom stereocenters. The maximum absolute atomic E-state index is 13.5. The van der Waals surface area contributed by atoms with Gasteiger partial charge < -0.3 is 9.80 Å². The lowest BCUT2D eigenvalue weighted by Crippen LogP contribution is -2.39. The van der Waals surface area contributed by atoms with E-state index in [9.17, 15) is 4.79 Å². The third kappa shape index (κ3) is 3.67. The Hall–Kier alpha value is -2.60. The average Bonchev–Trinajstić information content (AvgIpc) is 3.44. The number of carbonyl (C=O) groups is 1. The van der Waals surface area contributed by atoms with Crippen molar-refractivity contribution < 1.29 is 4.79 Å². The van der Waals surface area contributed by atoms with E-state index in [2.05, 4.69) is 24.1 Å². The number of aryl methyl sites for hydroxylation is 1. The van der Waals surface area contributed by atoms with Crippen molar-refractivity contribution in [2.75, 3.05) is 24.5 Å². The lowest BCUT2D eigenvalue weighted by Gasteiger charge is -2.35. The molecule has 1 aromatic carbocycles. The van der Waals surface area contributed by atoms with Crippen molar-refractivity contribution in [3.8, 4) is 0 Å². The molecule has 2 aromatic heterocycles. The minimum absolute atomic E-state index is 0.0312. The number of halogens is 1. The molecule has 4 heterocycles. The number of hydrogen-bond donors (Lipinski definition) is 0. The van der Waals surface area contributed by atoms with Crippen LogP contribution >= 0.6 is 11.6 Å². The lowest BCUT2D eigenvalue weighted by molar-refractivity contribution is 0.0605. The molecule has 5 rings (SSSR count). The lowest BCUT2D eigenvalue weighted by atomic mass is 9.97. The molecular formula is C24H28ClN5O. The third-order valence-electron chi connectivity index (χ3n) is 6.63. The fraction of sp³-hybridized carbons (Fsp3) is 0.458. The van der Waals surface area contributed by atoms with Gasteiger partial charge in [-0.15, -0.1) is 0 Å². The summed E-state index contributed by atoms with van der Waals surface area (Å²) in [5.74, 6) is 1.09. The average molecular weight is 438 g/mol. The Labute approximate surface area is 187 Å². The molecule has 0 aliphatic carbocycles. The quantitative estimate of drug-likeness (QED) is 0.580. The molecule has 1 atom stereocenters. The number of fused-ring (bicyclic) bond motifs is 1. The van der Waals surface area contributed by atoms with Gasteiger partial charge >= 0.3 is 0 Å². The van der Waals surface area contributed by atoms with Gasteiger partial charge in [0.1, 0.15) is 5.82 Å². The van der Waals surface area contributed by atoms with E-state index >= 15 is 0 Å². The molecule has 6 nitrogen and oxygen atoms in total. The Morgan fingerprint density at radius 1 is 1.10 bits per heavy atom. The van der Waals surface area contributed by atoms with Crippen LogP contribution in [0.25, 0.3) is 5.65 Å². The van der Waals surface area contributed by atoms with Gasteiger partial charge in [-0.05, 0) is 63.6 Å².